The number of rotatable bonds is 6. The molecule has 1 aliphatic rings. The molecular formula is C17H28N2O2. The van der Waals surface area contributed by atoms with Gasteiger partial charge in [0, 0.05) is 31.7 Å². The third kappa shape index (κ3) is 5.08. The van der Waals surface area contributed by atoms with Crippen molar-refractivity contribution in [2.75, 3.05) is 33.4 Å². The lowest BCUT2D eigenvalue weighted by molar-refractivity contribution is -0.0561. The molecule has 21 heavy (non-hydrogen) atoms. The lowest BCUT2D eigenvalue weighted by atomic mass is 10.1. The first-order valence-electron chi connectivity index (χ1n) is 7.80. The average molecular weight is 292 g/mol. The Labute approximate surface area is 128 Å². The Hall–Kier alpha value is -0.940. The fourth-order valence-corrected chi connectivity index (χ4v) is 3.02. The first-order chi connectivity index (χ1) is 10.1. The molecule has 0 aromatic heterocycles. The molecule has 0 saturated carbocycles. The standard InChI is InChI=1S/C17H28N2O2/c1-14-12-21-13-15(2)19(14)11-17(20)10-18(3)9-16-7-5-4-6-8-16/h4-8,14-15,17,20H,9-13H2,1-3H3. The minimum atomic E-state index is -0.332. The molecular weight excluding hydrogens is 264 g/mol. The molecule has 1 aromatic rings. The smallest absolute Gasteiger partial charge is 0.0794 e. The normalized spacial score (nSPS) is 25.2. The summed E-state index contributed by atoms with van der Waals surface area (Å²) in [4.78, 5) is 4.53. The van der Waals surface area contributed by atoms with Gasteiger partial charge in [0.15, 0.2) is 0 Å². The number of morpholine rings is 1. The predicted octanol–water partition coefficient (Wildman–Crippen LogP) is 1.59. The zero-order chi connectivity index (χ0) is 15.2. The summed E-state index contributed by atoms with van der Waals surface area (Å²) in [6, 6.07) is 11.1. The molecule has 1 heterocycles. The van der Waals surface area contributed by atoms with Gasteiger partial charge in [-0.1, -0.05) is 30.3 Å². The molecule has 4 heteroatoms. The van der Waals surface area contributed by atoms with E-state index in [4.69, 9.17) is 4.74 Å². The van der Waals surface area contributed by atoms with Gasteiger partial charge in [-0.05, 0) is 26.5 Å². The van der Waals surface area contributed by atoms with E-state index in [1.54, 1.807) is 0 Å². The fraction of sp³-hybridized carbons (Fsp3) is 0.647. The number of aliphatic hydroxyl groups is 1. The first-order valence-corrected chi connectivity index (χ1v) is 7.80. The molecule has 1 N–H and O–H groups in total. The molecule has 0 amide bonds. The summed E-state index contributed by atoms with van der Waals surface area (Å²) >= 11 is 0. The summed E-state index contributed by atoms with van der Waals surface area (Å²) in [5, 5.41) is 10.4. The van der Waals surface area contributed by atoms with Crippen LogP contribution in [0.25, 0.3) is 0 Å². The van der Waals surface area contributed by atoms with E-state index in [2.05, 4.69) is 55.0 Å². The molecule has 1 aromatic carbocycles. The van der Waals surface area contributed by atoms with Crippen LogP contribution >= 0.6 is 0 Å². The van der Waals surface area contributed by atoms with Crippen molar-refractivity contribution in [2.45, 2.75) is 38.6 Å². The molecule has 1 fully saturated rings. The van der Waals surface area contributed by atoms with Gasteiger partial charge in [-0.25, -0.2) is 0 Å². The Kier molecular flexibility index (Phi) is 6.18. The highest BCUT2D eigenvalue weighted by Gasteiger charge is 2.27. The van der Waals surface area contributed by atoms with Crippen LogP contribution in [0.1, 0.15) is 19.4 Å². The number of hydrogen-bond donors (Lipinski definition) is 1. The minimum Gasteiger partial charge on any atom is -0.390 e. The summed E-state index contributed by atoms with van der Waals surface area (Å²) in [7, 11) is 2.06. The lowest BCUT2D eigenvalue weighted by Gasteiger charge is -2.40. The van der Waals surface area contributed by atoms with Gasteiger partial charge in [0.1, 0.15) is 0 Å². The van der Waals surface area contributed by atoms with Crippen LogP contribution in [0, 0.1) is 0 Å². The van der Waals surface area contributed by atoms with Crippen molar-refractivity contribution in [2.24, 2.45) is 0 Å². The van der Waals surface area contributed by atoms with Gasteiger partial charge in [0.05, 0.1) is 19.3 Å². The van der Waals surface area contributed by atoms with E-state index in [0.29, 0.717) is 25.2 Å². The van der Waals surface area contributed by atoms with Crippen LogP contribution in [0.4, 0.5) is 0 Å². The van der Waals surface area contributed by atoms with Crippen molar-refractivity contribution in [3.63, 3.8) is 0 Å². The third-order valence-corrected chi connectivity index (χ3v) is 4.09. The van der Waals surface area contributed by atoms with Gasteiger partial charge in [-0.3, -0.25) is 9.80 Å². The molecule has 3 atom stereocenters. The SMILES string of the molecule is CC1COCC(C)N1CC(O)CN(C)Cc1ccccc1. The van der Waals surface area contributed by atoms with Crippen molar-refractivity contribution < 1.29 is 9.84 Å². The zero-order valence-electron chi connectivity index (χ0n) is 13.4. The Balaban J connectivity index is 1.79. The van der Waals surface area contributed by atoms with Crippen LogP contribution in [0.3, 0.4) is 0 Å². The van der Waals surface area contributed by atoms with Crippen molar-refractivity contribution >= 4 is 0 Å². The highest BCUT2D eigenvalue weighted by atomic mass is 16.5. The number of likely N-dealkylation sites (N-methyl/N-ethyl adjacent to an activating group) is 1. The lowest BCUT2D eigenvalue weighted by Crippen LogP contribution is -2.53. The molecule has 1 aliphatic heterocycles. The van der Waals surface area contributed by atoms with Crippen LogP contribution < -0.4 is 0 Å². The maximum Gasteiger partial charge on any atom is 0.0794 e. The molecule has 0 aliphatic carbocycles. The number of nitrogens with zero attached hydrogens (tertiary/aromatic N) is 2. The third-order valence-electron chi connectivity index (χ3n) is 4.09. The minimum absolute atomic E-state index is 0.332. The summed E-state index contributed by atoms with van der Waals surface area (Å²) < 4.78 is 5.53. The average Bonchev–Trinajstić information content (AvgIpc) is 2.44. The second kappa shape index (κ2) is 7.90. The topological polar surface area (TPSA) is 35.9 Å². The first kappa shape index (κ1) is 16.4. The Morgan fingerprint density at radius 1 is 1.24 bits per heavy atom. The molecule has 2 rings (SSSR count). The van der Waals surface area contributed by atoms with Crippen molar-refractivity contribution in [3.8, 4) is 0 Å². The maximum atomic E-state index is 10.4. The van der Waals surface area contributed by atoms with Crippen LogP contribution in [-0.4, -0.2) is 66.4 Å². The van der Waals surface area contributed by atoms with Crippen LogP contribution in [-0.2, 0) is 11.3 Å². The highest BCUT2D eigenvalue weighted by Crippen LogP contribution is 2.14. The fourth-order valence-electron chi connectivity index (χ4n) is 3.02. The van der Waals surface area contributed by atoms with Gasteiger partial charge in [-0.2, -0.15) is 0 Å². The number of ether oxygens (including phenoxy) is 1. The van der Waals surface area contributed by atoms with Gasteiger partial charge in [0.2, 0.25) is 0 Å². The molecule has 0 bridgehead atoms. The van der Waals surface area contributed by atoms with E-state index in [0.717, 1.165) is 19.8 Å². The summed E-state index contributed by atoms with van der Waals surface area (Å²) in [6.07, 6.45) is -0.332. The molecule has 0 radical (unpaired) electrons. The largest absolute Gasteiger partial charge is 0.390 e. The molecule has 4 nitrogen and oxygen atoms in total. The summed E-state index contributed by atoms with van der Waals surface area (Å²) in [5.74, 6) is 0. The van der Waals surface area contributed by atoms with Gasteiger partial charge < -0.3 is 9.84 Å². The van der Waals surface area contributed by atoms with Crippen molar-refractivity contribution in [3.05, 3.63) is 35.9 Å². The molecule has 0 spiro atoms. The monoisotopic (exact) mass is 292 g/mol. The number of benzene rings is 1. The van der Waals surface area contributed by atoms with Gasteiger partial charge in [-0.15, -0.1) is 0 Å². The van der Waals surface area contributed by atoms with E-state index in [1.165, 1.54) is 5.56 Å². The quantitative estimate of drug-likeness (QED) is 0.864. The van der Waals surface area contributed by atoms with Crippen LogP contribution in [0.15, 0.2) is 30.3 Å². The van der Waals surface area contributed by atoms with Crippen LogP contribution in [0.2, 0.25) is 0 Å². The maximum absolute atomic E-state index is 10.4. The van der Waals surface area contributed by atoms with Gasteiger partial charge >= 0.3 is 0 Å². The second-order valence-corrected chi connectivity index (χ2v) is 6.27. The number of hydrogen-bond acceptors (Lipinski definition) is 4. The molecule has 3 unspecified atom stereocenters. The second-order valence-electron chi connectivity index (χ2n) is 6.27. The van der Waals surface area contributed by atoms with Crippen LogP contribution in [0.5, 0.6) is 0 Å². The predicted molar refractivity (Wildman–Crippen MR) is 85.2 cm³/mol. The summed E-state index contributed by atoms with van der Waals surface area (Å²) in [6.45, 7) is 8.11. The van der Waals surface area contributed by atoms with Gasteiger partial charge in [0.25, 0.3) is 0 Å². The van der Waals surface area contributed by atoms with Crippen molar-refractivity contribution in [1.29, 1.82) is 0 Å². The van der Waals surface area contributed by atoms with Crippen molar-refractivity contribution in [1.82, 2.24) is 9.80 Å². The van der Waals surface area contributed by atoms with E-state index in [9.17, 15) is 5.11 Å². The van der Waals surface area contributed by atoms with E-state index >= 15 is 0 Å². The summed E-state index contributed by atoms with van der Waals surface area (Å²) in [5.41, 5.74) is 1.28. The zero-order valence-corrected chi connectivity index (χ0v) is 13.4. The number of β-amino-alcohol motifs (C(OH)–C–C–N with tert-alkyl or cyclic N) is 1. The Bertz CT molecular complexity index is 403. The Morgan fingerprint density at radius 3 is 2.48 bits per heavy atom. The highest BCUT2D eigenvalue weighted by molar-refractivity contribution is 5.14. The Morgan fingerprint density at radius 2 is 1.86 bits per heavy atom. The molecule has 118 valence electrons. The van der Waals surface area contributed by atoms with E-state index < -0.39 is 0 Å². The van der Waals surface area contributed by atoms with E-state index in [-0.39, 0.29) is 6.10 Å². The number of aliphatic hydroxyl groups excluding tert-OH is 1. The van der Waals surface area contributed by atoms with E-state index in [1.807, 2.05) is 6.07 Å². The molecule has 1 saturated heterocycles.